The van der Waals surface area contributed by atoms with E-state index in [4.69, 9.17) is 34.6 Å². The third-order valence-electron chi connectivity index (χ3n) is 19.0. The van der Waals surface area contributed by atoms with E-state index in [1.807, 2.05) is 27.7 Å². The van der Waals surface area contributed by atoms with Gasteiger partial charge in [-0.05, 0) is 185 Å². The molecule has 6 fully saturated rings. The first kappa shape index (κ1) is 56.1. The molecule has 0 spiro atoms. The van der Waals surface area contributed by atoms with Gasteiger partial charge in [-0.25, -0.2) is 9.97 Å². The Labute approximate surface area is 462 Å². The predicted molar refractivity (Wildman–Crippen MR) is 312 cm³/mol. The summed E-state index contributed by atoms with van der Waals surface area (Å²) in [4.78, 5) is 26.3. The Morgan fingerprint density at radius 3 is 1.44 bits per heavy atom. The number of benzene rings is 2. The summed E-state index contributed by atoms with van der Waals surface area (Å²) in [5.74, 6) is 1.57. The molecule has 4 saturated heterocycles. The van der Waals surface area contributed by atoms with E-state index in [1.54, 1.807) is 0 Å². The van der Waals surface area contributed by atoms with Gasteiger partial charge in [-0.1, -0.05) is 91.8 Å². The lowest BCUT2D eigenvalue weighted by atomic mass is 9.63. The second-order valence-corrected chi connectivity index (χ2v) is 27.7. The van der Waals surface area contributed by atoms with E-state index in [-0.39, 0.29) is 52.1 Å². The first-order valence-electron chi connectivity index (χ1n) is 29.8. The quantitative estimate of drug-likeness (QED) is 0.192. The van der Waals surface area contributed by atoms with Gasteiger partial charge in [-0.15, -0.1) is 0 Å². The largest absolute Gasteiger partial charge is 0.356 e. The fraction of sp³-hybridized carbons (Fsp3) is 0.652. The van der Waals surface area contributed by atoms with Gasteiger partial charge in [-0.3, -0.25) is 4.79 Å². The Hall–Kier alpha value is -4.23. The summed E-state index contributed by atoms with van der Waals surface area (Å²) in [6.45, 7) is 30.6. The molecule has 3 N–H and O–H groups in total. The maximum atomic E-state index is 11.5. The van der Waals surface area contributed by atoms with Crippen molar-refractivity contribution in [3.63, 3.8) is 0 Å². The summed E-state index contributed by atoms with van der Waals surface area (Å²) < 4.78 is 23.9. The number of nitrogens with one attached hydrogen (secondary N) is 1. The van der Waals surface area contributed by atoms with Gasteiger partial charge in [0.05, 0.1) is 23.6 Å². The second-order valence-electron chi connectivity index (χ2n) is 27.7. The number of fused-ring (bicyclic) bond motifs is 4. The molecule has 8 aliphatic rings. The highest BCUT2D eigenvalue weighted by molar-refractivity contribution is 5.81. The fourth-order valence-corrected chi connectivity index (χ4v) is 14.1. The van der Waals surface area contributed by atoms with Crippen molar-refractivity contribution in [2.75, 3.05) is 36.0 Å². The van der Waals surface area contributed by atoms with E-state index in [0.717, 1.165) is 81.3 Å². The van der Waals surface area contributed by atoms with Crippen molar-refractivity contribution in [1.29, 1.82) is 0 Å². The molecule has 77 heavy (non-hydrogen) atoms. The van der Waals surface area contributed by atoms with Crippen LogP contribution in [-0.4, -0.2) is 96.0 Å². The lowest BCUT2D eigenvalue weighted by Crippen LogP contribution is -2.54. The summed E-state index contributed by atoms with van der Waals surface area (Å²) in [5, 5.41) is 3.97. The van der Waals surface area contributed by atoms with E-state index < -0.39 is 11.6 Å². The summed E-state index contributed by atoms with van der Waals surface area (Å²) in [6.07, 6.45) is 16.1. The van der Waals surface area contributed by atoms with Crippen molar-refractivity contribution in [3.8, 4) is 22.5 Å². The van der Waals surface area contributed by atoms with Gasteiger partial charge in [-0.2, -0.15) is 0 Å². The van der Waals surface area contributed by atoms with Gasteiger partial charge in [0.1, 0.15) is 29.6 Å². The molecular formula is C66H94N6O5. The highest BCUT2D eigenvalue weighted by atomic mass is 16.8. The van der Waals surface area contributed by atoms with E-state index >= 15 is 0 Å². The van der Waals surface area contributed by atoms with Crippen LogP contribution in [0.1, 0.15) is 195 Å². The van der Waals surface area contributed by atoms with Gasteiger partial charge in [0, 0.05) is 68.3 Å². The van der Waals surface area contributed by atoms with Crippen molar-refractivity contribution in [3.05, 3.63) is 95.1 Å². The Kier molecular flexibility index (Phi) is 15.8. The average molecular weight is 1050 g/mol. The Bertz CT molecular complexity index is 2730. The maximum absolute atomic E-state index is 11.5. The van der Waals surface area contributed by atoms with Crippen molar-refractivity contribution >= 4 is 17.4 Å². The molecule has 4 aliphatic carbocycles. The highest BCUT2D eigenvalue weighted by Gasteiger charge is 2.48. The molecule has 0 amide bonds. The number of piperidine rings is 2. The van der Waals surface area contributed by atoms with Gasteiger partial charge < -0.3 is 39.8 Å². The van der Waals surface area contributed by atoms with Crippen LogP contribution in [0.4, 0.5) is 11.6 Å². The lowest BCUT2D eigenvalue weighted by Gasteiger charge is -2.42. The third kappa shape index (κ3) is 12.4. The molecular weight excluding hydrogens is 957 g/mol. The smallest absolute Gasteiger partial charge is 0.163 e. The average Bonchev–Trinajstić information content (AvgIpc) is 3.95. The number of ketones is 1. The molecule has 0 unspecified atom stereocenters. The van der Waals surface area contributed by atoms with Crippen molar-refractivity contribution in [1.82, 2.24) is 15.3 Å². The number of hydrogen-bond donors (Lipinski definition) is 2. The molecule has 2 aromatic heterocycles. The first-order chi connectivity index (χ1) is 36.4. The van der Waals surface area contributed by atoms with E-state index in [2.05, 4.69) is 143 Å². The number of nitrogens with two attached hydrogens (primary N) is 1. The Morgan fingerprint density at radius 1 is 0.506 bits per heavy atom. The normalized spacial score (nSPS) is 29.3. The van der Waals surface area contributed by atoms with Crippen LogP contribution in [0.5, 0.6) is 0 Å². The topological polar surface area (TPSA) is 124 Å². The molecule has 0 radical (unpaired) electrons. The van der Waals surface area contributed by atoms with Crippen LogP contribution in [0, 0.1) is 0 Å². The summed E-state index contributed by atoms with van der Waals surface area (Å²) in [5.41, 5.74) is 17.3. The number of carbonyl (C=O) groups is 1. The molecule has 4 aromatic rings. The van der Waals surface area contributed by atoms with Crippen molar-refractivity contribution in [2.45, 2.75) is 249 Å². The molecule has 6 atom stereocenters. The molecule has 6 heterocycles. The molecule has 11 nitrogen and oxygen atoms in total. The number of rotatable bonds is 6. The SMILES string of the molecule is CC1(C)CCC(C)(C)c2cc(-c3cccc(N4CCC(=O)CC4)n3)ccc21.CC1(C)O[C@H]2[C@H](N)CCC[C@H]2O1.CC1(C)O[C@H]2[C@H](NC3CCN(c4cccc(-c5ccc6c(c5)C(C)(C)CCC6(C)C)n4)CC3)CCC[C@H]2O1. The Morgan fingerprint density at radius 2 is 0.948 bits per heavy atom. The number of carbonyl (C=O) groups excluding carboxylic acids is 1. The lowest BCUT2D eigenvalue weighted by molar-refractivity contribution is -0.147. The van der Waals surface area contributed by atoms with Gasteiger partial charge in [0.25, 0.3) is 0 Å². The molecule has 2 saturated carbocycles. The fourth-order valence-electron chi connectivity index (χ4n) is 14.1. The van der Waals surface area contributed by atoms with Gasteiger partial charge in [0.15, 0.2) is 11.6 Å². The number of ether oxygens (including phenoxy) is 4. The molecule has 11 heteroatoms. The number of pyridine rings is 2. The Balaban J connectivity index is 0.000000149. The van der Waals surface area contributed by atoms with Crippen molar-refractivity contribution in [2.24, 2.45) is 5.73 Å². The summed E-state index contributed by atoms with van der Waals surface area (Å²) in [6, 6.07) is 27.9. The highest BCUT2D eigenvalue weighted by Crippen LogP contribution is 2.49. The summed E-state index contributed by atoms with van der Waals surface area (Å²) >= 11 is 0. The predicted octanol–water partition coefficient (Wildman–Crippen LogP) is 13.0. The monoisotopic (exact) mass is 1050 g/mol. The zero-order valence-electron chi connectivity index (χ0n) is 49.1. The second kappa shape index (κ2) is 21.7. The number of aromatic nitrogens is 2. The standard InChI is InChI=1S/C33H47N3O2.C24H30N2O.C9H17NO2/c1-31(2)17-18-32(3,4)25-21-22(13-14-24(25)31)26-9-8-12-29(35-26)36-19-15-23(16-20-36)34-27-10-7-11-28-30(27)38-33(5,6)37-28;1-23(2)12-13-24(3,4)20-16-17(8-9-19(20)23)21-6-5-7-22(25-21)26-14-10-18(27)11-15-26;1-9(2)11-7-5-3-4-6(10)8(7)12-9/h8-9,12-14,21,23,27-28,30,34H,7,10-11,15-20H2,1-6H3;5-9,16H,10-15H2,1-4H3;6-8H,3-5,10H2,1-2H3/t27-,28-,30+;;6-,7-,8+/m1.1/s1. The third-order valence-corrected chi connectivity index (χ3v) is 19.0. The van der Waals surface area contributed by atoms with Crippen LogP contribution in [-0.2, 0) is 45.4 Å². The van der Waals surface area contributed by atoms with E-state index in [0.29, 0.717) is 30.7 Å². The van der Waals surface area contributed by atoms with Crippen LogP contribution >= 0.6 is 0 Å². The minimum absolute atomic E-state index is 0.133. The zero-order valence-corrected chi connectivity index (χ0v) is 49.1. The van der Waals surface area contributed by atoms with E-state index in [1.165, 1.54) is 78.3 Å². The molecule has 4 aliphatic heterocycles. The first-order valence-corrected chi connectivity index (χ1v) is 29.8. The van der Waals surface area contributed by atoms with Crippen LogP contribution in [0.15, 0.2) is 72.8 Å². The molecule has 0 bridgehead atoms. The number of hydrogen-bond acceptors (Lipinski definition) is 11. The van der Waals surface area contributed by atoms with E-state index in [9.17, 15) is 4.79 Å². The molecule has 418 valence electrons. The number of Topliss-reactive ketones (excluding diaryl/α,β-unsaturated/α-hetero) is 1. The number of nitrogens with zero attached hydrogens (tertiary/aromatic N) is 4. The van der Waals surface area contributed by atoms with Gasteiger partial charge in [0.2, 0.25) is 0 Å². The van der Waals surface area contributed by atoms with Crippen LogP contribution in [0.25, 0.3) is 22.5 Å². The molecule has 2 aromatic carbocycles. The minimum atomic E-state index is -0.455. The molecule has 12 rings (SSSR count). The maximum Gasteiger partial charge on any atom is 0.163 e. The van der Waals surface area contributed by atoms with Crippen LogP contribution in [0.2, 0.25) is 0 Å². The van der Waals surface area contributed by atoms with Crippen molar-refractivity contribution < 1.29 is 23.7 Å². The van der Waals surface area contributed by atoms with Crippen LogP contribution < -0.4 is 20.9 Å². The minimum Gasteiger partial charge on any atom is -0.356 e. The van der Waals surface area contributed by atoms with Crippen LogP contribution in [0.3, 0.4) is 0 Å². The summed E-state index contributed by atoms with van der Waals surface area (Å²) in [7, 11) is 0. The zero-order chi connectivity index (χ0) is 54.7. The number of anilines is 2. The van der Waals surface area contributed by atoms with Gasteiger partial charge >= 0.3 is 0 Å².